The predicted molar refractivity (Wildman–Crippen MR) is 118 cm³/mol. The van der Waals surface area contributed by atoms with Crippen molar-refractivity contribution in [1.82, 2.24) is 10.2 Å². The molecule has 2 aromatic rings. The summed E-state index contributed by atoms with van der Waals surface area (Å²) in [5.74, 6) is -0.370. The second kappa shape index (κ2) is 10.1. The van der Waals surface area contributed by atoms with Gasteiger partial charge in [0, 0.05) is 55.2 Å². The van der Waals surface area contributed by atoms with Gasteiger partial charge in [-0.15, -0.1) is 0 Å². The van der Waals surface area contributed by atoms with Crippen LogP contribution in [-0.4, -0.2) is 56.5 Å². The Labute approximate surface area is 172 Å². The van der Waals surface area contributed by atoms with E-state index in [1.54, 1.807) is 24.3 Å². The third kappa shape index (κ3) is 5.81. The lowest BCUT2D eigenvalue weighted by Gasteiger charge is -2.34. The number of anilines is 2. The summed E-state index contributed by atoms with van der Waals surface area (Å²) in [6.07, 6.45) is 1.96. The molecule has 0 saturated carbocycles. The second-order valence-corrected chi connectivity index (χ2v) is 7.48. The van der Waals surface area contributed by atoms with Crippen molar-refractivity contribution in [3.63, 3.8) is 0 Å². The molecule has 1 heterocycles. The first-order chi connectivity index (χ1) is 14.1. The molecule has 2 N–H and O–H groups in total. The quantitative estimate of drug-likeness (QED) is 0.708. The number of benzene rings is 2. The van der Waals surface area contributed by atoms with Crippen LogP contribution in [0.15, 0.2) is 48.5 Å². The zero-order chi connectivity index (χ0) is 20.6. The van der Waals surface area contributed by atoms with Gasteiger partial charge < -0.3 is 20.4 Å². The predicted octanol–water partition coefficient (Wildman–Crippen LogP) is 3.22. The van der Waals surface area contributed by atoms with Crippen LogP contribution >= 0.6 is 0 Å². The molecule has 6 nitrogen and oxygen atoms in total. The van der Waals surface area contributed by atoms with E-state index in [1.807, 2.05) is 24.3 Å². The fourth-order valence-corrected chi connectivity index (χ4v) is 3.31. The number of hydrogen-bond acceptors (Lipinski definition) is 4. The number of amides is 2. The lowest BCUT2D eigenvalue weighted by atomic mass is 10.1. The summed E-state index contributed by atoms with van der Waals surface area (Å²) >= 11 is 0. The Kier molecular flexibility index (Phi) is 7.25. The molecule has 3 rings (SSSR count). The van der Waals surface area contributed by atoms with Crippen LogP contribution in [0.4, 0.5) is 11.4 Å². The van der Waals surface area contributed by atoms with E-state index in [2.05, 4.69) is 34.4 Å². The van der Waals surface area contributed by atoms with Crippen molar-refractivity contribution >= 4 is 23.2 Å². The molecule has 29 heavy (non-hydrogen) atoms. The molecule has 1 saturated heterocycles. The topological polar surface area (TPSA) is 64.7 Å². The van der Waals surface area contributed by atoms with Crippen molar-refractivity contribution in [2.75, 3.05) is 50.0 Å². The van der Waals surface area contributed by atoms with Gasteiger partial charge in [-0.1, -0.05) is 19.4 Å². The van der Waals surface area contributed by atoms with E-state index in [0.717, 1.165) is 44.7 Å². The van der Waals surface area contributed by atoms with Gasteiger partial charge in [-0.3, -0.25) is 9.59 Å². The SMILES string of the molecule is CCCCNC(=O)c1cccc(C(=O)Nc2ccc(N3CCN(C)CC3)cc2)c1. The summed E-state index contributed by atoms with van der Waals surface area (Å²) in [7, 11) is 2.14. The van der Waals surface area contributed by atoms with E-state index in [9.17, 15) is 9.59 Å². The Balaban J connectivity index is 1.60. The van der Waals surface area contributed by atoms with Gasteiger partial charge in [0.2, 0.25) is 0 Å². The molecule has 1 aliphatic heterocycles. The van der Waals surface area contributed by atoms with E-state index in [0.29, 0.717) is 17.7 Å². The van der Waals surface area contributed by atoms with Crippen molar-refractivity contribution in [2.24, 2.45) is 0 Å². The first kappa shape index (κ1) is 20.9. The number of carbonyl (C=O) groups is 2. The number of nitrogens with one attached hydrogen (secondary N) is 2. The Morgan fingerprint density at radius 1 is 0.931 bits per heavy atom. The standard InChI is InChI=1S/C23H30N4O2/c1-3-4-12-24-22(28)18-6-5-7-19(17-18)23(29)25-20-8-10-21(11-9-20)27-15-13-26(2)14-16-27/h5-11,17H,3-4,12-16H2,1-2H3,(H,24,28)(H,25,29). The Morgan fingerprint density at radius 3 is 2.24 bits per heavy atom. The molecule has 1 fully saturated rings. The molecule has 1 aliphatic rings. The number of likely N-dealkylation sites (N-methyl/N-ethyl adjacent to an activating group) is 1. The number of carbonyl (C=O) groups excluding carboxylic acids is 2. The molecule has 154 valence electrons. The van der Waals surface area contributed by atoms with Gasteiger partial charge in [0.15, 0.2) is 0 Å². The largest absolute Gasteiger partial charge is 0.369 e. The molecule has 0 unspecified atom stereocenters. The average Bonchev–Trinajstić information content (AvgIpc) is 2.75. The highest BCUT2D eigenvalue weighted by Gasteiger charge is 2.15. The maximum absolute atomic E-state index is 12.6. The fourth-order valence-electron chi connectivity index (χ4n) is 3.31. The van der Waals surface area contributed by atoms with Crippen LogP contribution in [0.5, 0.6) is 0 Å². The monoisotopic (exact) mass is 394 g/mol. The van der Waals surface area contributed by atoms with Gasteiger partial charge in [0.25, 0.3) is 11.8 Å². The number of unbranched alkanes of at least 4 members (excludes halogenated alkanes) is 1. The first-order valence-corrected chi connectivity index (χ1v) is 10.3. The van der Waals surface area contributed by atoms with E-state index < -0.39 is 0 Å². The summed E-state index contributed by atoms with van der Waals surface area (Å²) in [5, 5.41) is 5.79. The van der Waals surface area contributed by atoms with E-state index in [-0.39, 0.29) is 11.8 Å². The molecule has 0 radical (unpaired) electrons. The summed E-state index contributed by atoms with van der Waals surface area (Å²) in [5.41, 5.74) is 2.88. The molecule has 0 bridgehead atoms. The Hall–Kier alpha value is -2.86. The molecule has 0 atom stereocenters. The van der Waals surface area contributed by atoms with Crippen LogP contribution in [0.2, 0.25) is 0 Å². The van der Waals surface area contributed by atoms with E-state index in [1.165, 1.54) is 5.69 Å². The Bertz CT molecular complexity index is 827. The zero-order valence-corrected chi connectivity index (χ0v) is 17.3. The lowest BCUT2D eigenvalue weighted by Crippen LogP contribution is -2.44. The fraction of sp³-hybridized carbons (Fsp3) is 0.391. The molecule has 0 spiro atoms. The van der Waals surface area contributed by atoms with Crippen molar-refractivity contribution in [2.45, 2.75) is 19.8 Å². The highest BCUT2D eigenvalue weighted by molar-refractivity contribution is 6.06. The normalized spacial score (nSPS) is 14.5. The second-order valence-electron chi connectivity index (χ2n) is 7.48. The molecule has 2 amide bonds. The molecule has 0 aliphatic carbocycles. The third-order valence-electron chi connectivity index (χ3n) is 5.20. The summed E-state index contributed by atoms with van der Waals surface area (Å²) in [6, 6.07) is 14.7. The highest BCUT2D eigenvalue weighted by atomic mass is 16.2. The van der Waals surface area contributed by atoms with Crippen LogP contribution in [0.1, 0.15) is 40.5 Å². The van der Waals surface area contributed by atoms with E-state index >= 15 is 0 Å². The van der Waals surface area contributed by atoms with E-state index in [4.69, 9.17) is 0 Å². The highest BCUT2D eigenvalue weighted by Crippen LogP contribution is 2.20. The summed E-state index contributed by atoms with van der Waals surface area (Å²) in [6.45, 7) is 6.85. The first-order valence-electron chi connectivity index (χ1n) is 10.3. The Morgan fingerprint density at radius 2 is 1.59 bits per heavy atom. The molecular weight excluding hydrogens is 364 g/mol. The third-order valence-corrected chi connectivity index (χ3v) is 5.20. The number of nitrogens with zero attached hydrogens (tertiary/aromatic N) is 2. The average molecular weight is 395 g/mol. The number of rotatable bonds is 7. The van der Waals surface area contributed by atoms with Gasteiger partial charge in [0.05, 0.1) is 0 Å². The van der Waals surface area contributed by atoms with Gasteiger partial charge in [-0.25, -0.2) is 0 Å². The zero-order valence-electron chi connectivity index (χ0n) is 17.3. The maximum atomic E-state index is 12.6. The van der Waals surface area contributed by atoms with Crippen molar-refractivity contribution in [1.29, 1.82) is 0 Å². The van der Waals surface area contributed by atoms with Crippen LogP contribution in [0.25, 0.3) is 0 Å². The van der Waals surface area contributed by atoms with Gasteiger partial charge >= 0.3 is 0 Å². The van der Waals surface area contributed by atoms with Gasteiger partial charge in [-0.05, 0) is 55.9 Å². The molecular formula is C23H30N4O2. The number of piperazine rings is 1. The van der Waals surface area contributed by atoms with Crippen molar-refractivity contribution in [3.05, 3.63) is 59.7 Å². The van der Waals surface area contributed by atoms with Crippen LogP contribution < -0.4 is 15.5 Å². The molecule has 0 aromatic heterocycles. The summed E-state index contributed by atoms with van der Waals surface area (Å²) < 4.78 is 0. The van der Waals surface area contributed by atoms with Crippen molar-refractivity contribution in [3.8, 4) is 0 Å². The maximum Gasteiger partial charge on any atom is 0.255 e. The number of hydrogen-bond donors (Lipinski definition) is 2. The van der Waals surface area contributed by atoms with Gasteiger partial charge in [0.1, 0.15) is 0 Å². The molecule has 2 aromatic carbocycles. The van der Waals surface area contributed by atoms with Crippen LogP contribution in [0.3, 0.4) is 0 Å². The minimum atomic E-state index is -0.222. The summed E-state index contributed by atoms with van der Waals surface area (Å²) in [4.78, 5) is 29.5. The lowest BCUT2D eigenvalue weighted by molar-refractivity contribution is 0.0953. The minimum Gasteiger partial charge on any atom is -0.369 e. The molecule has 6 heteroatoms. The minimum absolute atomic E-state index is 0.148. The smallest absolute Gasteiger partial charge is 0.255 e. The van der Waals surface area contributed by atoms with Crippen LogP contribution in [-0.2, 0) is 0 Å². The van der Waals surface area contributed by atoms with Crippen LogP contribution in [0, 0.1) is 0 Å². The van der Waals surface area contributed by atoms with Gasteiger partial charge in [-0.2, -0.15) is 0 Å². The van der Waals surface area contributed by atoms with Crippen molar-refractivity contribution < 1.29 is 9.59 Å².